The number of rotatable bonds is 4. The highest BCUT2D eigenvalue weighted by molar-refractivity contribution is 5.21. The van der Waals surface area contributed by atoms with Gasteiger partial charge in [0.1, 0.15) is 5.82 Å². The first-order chi connectivity index (χ1) is 7.72. The van der Waals surface area contributed by atoms with Crippen molar-refractivity contribution in [2.75, 3.05) is 13.2 Å². The van der Waals surface area contributed by atoms with Gasteiger partial charge in [0.25, 0.3) is 0 Å². The molecular weight excluding hydrogens is 202 g/mol. The number of aromatic nitrogens is 2. The van der Waals surface area contributed by atoms with E-state index < -0.39 is 0 Å². The highest BCUT2D eigenvalue weighted by Gasteiger charge is 2.21. The lowest BCUT2D eigenvalue weighted by atomic mass is 9.97. The largest absolute Gasteiger partial charge is 0.381 e. The van der Waals surface area contributed by atoms with E-state index in [9.17, 15) is 0 Å². The summed E-state index contributed by atoms with van der Waals surface area (Å²) in [5.41, 5.74) is 8.53. The van der Waals surface area contributed by atoms with Crippen molar-refractivity contribution in [1.29, 1.82) is 0 Å². The monoisotopic (exact) mass is 223 g/mol. The van der Waals surface area contributed by atoms with Crippen LogP contribution in [0.3, 0.4) is 0 Å². The second kappa shape index (κ2) is 4.97. The van der Waals surface area contributed by atoms with Crippen LogP contribution in [0.5, 0.6) is 0 Å². The number of ether oxygens (including phenoxy) is 1. The Hall–Kier alpha value is -0.870. The molecule has 0 spiro atoms. The van der Waals surface area contributed by atoms with Gasteiger partial charge in [-0.2, -0.15) is 0 Å². The van der Waals surface area contributed by atoms with Crippen molar-refractivity contribution >= 4 is 0 Å². The van der Waals surface area contributed by atoms with Gasteiger partial charge in [-0.3, -0.25) is 0 Å². The average Bonchev–Trinajstić information content (AvgIpc) is 2.56. The molecule has 4 nitrogen and oxygen atoms in total. The van der Waals surface area contributed by atoms with Crippen molar-refractivity contribution in [2.45, 2.75) is 38.6 Å². The Bertz CT molecular complexity index is 359. The van der Waals surface area contributed by atoms with Gasteiger partial charge in [0, 0.05) is 38.2 Å². The third-order valence-corrected chi connectivity index (χ3v) is 3.27. The Morgan fingerprint density at radius 2 is 2.38 bits per heavy atom. The van der Waals surface area contributed by atoms with Crippen LogP contribution in [0, 0.1) is 0 Å². The van der Waals surface area contributed by atoms with Crippen LogP contribution in [0.2, 0.25) is 0 Å². The molecule has 1 aliphatic carbocycles. The van der Waals surface area contributed by atoms with Crippen LogP contribution in [0.4, 0.5) is 0 Å². The summed E-state index contributed by atoms with van der Waals surface area (Å²) in [6.45, 7) is 3.55. The Labute approximate surface area is 96.8 Å². The first kappa shape index (κ1) is 11.6. The van der Waals surface area contributed by atoms with Crippen LogP contribution in [0.25, 0.3) is 0 Å². The molecule has 1 atom stereocenters. The maximum atomic E-state index is 5.96. The van der Waals surface area contributed by atoms with Crippen molar-refractivity contribution in [2.24, 2.45) is 12.8 Å². The molecule has 1 aromatic rings. The first-order valence-electron chi connectivity index (χ1n) is 6.09. The van der Waals surface area contributed by atoms with Gasteiger partial charge in [-0.25, -0.2) is 4.98 Å². The molecule has 1 unspecified atom stereocenters. The molecule has 0 aliphatic heterocycles. The Balaban J connectivity index is 2.09. The fourth-order valence-corrected chi connectivity index (χ4v) is 2.32. The molecule has 0 radical (unpaired) electrons. The maximum absolute atomic E-state index is 5.96. The molecule has 1 aliphatic rings. The number of nitrogens with two attached hydrogens (primary N) is 1. The van der Waals surface area contributed by atoms with Gasteiger partial charge in [-0.15, -0.1) is 0 Å². The summed E-state index contributed by atoms with van der Waals surface area (Å²) in [5.74, 6) is 1.13. The molecule has 4 heteroatoms. The number of imidazole rings is 1. The fraction of sp³-hybridized carbons (Fsp3) is 0.750. The van der Waals surface area contributed by atoms with E-state index in [-0.39, 0.29) is 0 Å². The van der Waals surface area contributed by atoms with Crippen LogP contribution < -0.4 is 5.73 Å². The smallest absolute Gasteiger partial charge is 0.111 e. The molecule has 0 amide bonds. The highest BCUT2D eigenvalue weighted by Crippen LogP contribution is 2.20. The molecule has 0 saturated carbocycles. The molecule has 0 fully saturated rings. The maximum Gasteiger partial charge on any atom is 0.111 e. The molecule has 2 N–H and O–H groups in total. The molecule has 1 aromatic heterocycles. The molecule has 0 aromatic carbocycles. The fourth-order valence-electron chi connectivity index (χ4n) is 2.32. The average molecular weight is 223 g/mol. The molecule has 0 bridgehead atoms. The number of hydrogen-bond donors (Lipinski definition) is 1. The topological polar surface area (TPSA) is 53.1 Å². The molecule has 90 valence electrons. The standard InChI is InChI=1S/C12H21N3O/c1-3-16-7-6-12-14-10-8-9(13)4-5-11(10)15(12)2/h9H,3-8,13H2,1-2H3. The number of fused-ring (bicyclic) bond motifs is 1. The third-order valence-electron chi connectivity index (χ3n) is 3.27. The van der Waals surface area contributed by atoms with Gasteiger partial charge >= 0.3 is 0 Å². The van der Waals surface area contributed by atoms with Gasteiger partial charge in [0.2, 0.25) is 0 Å². The Morgan fingerprint density at radius 3 is 3.12 bits per heavy atom. The molecule has 0 saturated heterocycles. The van der Waals surface area contributed by atoms with Crippen LogP contribution in [0.1, 0.15) is 30.6 Å². The molecular formula is C12H21N3O. The van der Waals surface area contributed by atoms with Crippen molar-refractivity contribution in [1.82, 2.24) is 9.55 Å². The van der Waals surface area contributed by atoms with Crippen molar-refractivity contribution in [3.63, 3.8) is 0 Å². The molecule has 1 heterocycles. The van der Waals surface area contributed by atoms with Crippen molar-refractivity contribution in [3.05, 3.63) is 17.2 Å². The van der Waals surface area contributed by atoms with Crippen molar-refractivity contribution < 1.29 is 4.74 Å². The quantitative estimate of drug-likeness (QED) is 0.769. The van der Waals surface area contributed by atoms with Crippen LogP contribution >= 0.6 is 0 Å². The van der Waals surface area contributed by atoms with E-state index >= 15 is 0 Å². The van der Waals surface area contributed by atoms with E-state index in [0.717, 1.165) is 44.7 Å². The third kappa shape index (κ3) is 2.28. The molecule has 2 rings (SSSR count). The SMILES string of the molecule is CCOCCc1nc2c(n1C)CCC(N)C2. The van der Waals surface area contributed by atoms with Gasteiger partial charge < -0.3 is 15.0 Å². The summed E-state index contributed by atoms with van der Waals surface area (Å²) in [4.78, 5) is 4.68. The molecule has 16 heavy (non-hydrogen) atoms. The lowest BCUT2D eigenvalue weighted by Gasteiger charge is -2.17. The van der Waals surface area contributed by atoms with E-state index in [2.05, 4.69) is 16.6 Å². The van der Waals surface area contributed by atoms with E-state index in [1.54, 1.807) is 0 Å². The van der Waals surface area contributed by atoms with Crippen LogP contribution in [-0.4, -0.2) is 28.8 Å². The normalized spacial score (nSPS) is 19.8. The zero-order valence-corrected chi connectivity index (χ0v) is 10.2. The lowest BCUT2D eigenvalue weighted by Crippen LogP contribution is -2.28. The summed E-state index contributed by atoms with van der Waals surface area (Å²) in [5, 5.41) is 0. The predicted molar refractivity (Wildman–Crippen MR) is 63.4 cm³/mol. The summed E-state index contributed by atoms with van der Waals surface area (Å²) in [6.07, 6.45) is 3.97. The highest BCUT2D eigenvalue weighted by atomic mass is 16.5. The predicted octanol–water partition coefficient (Wildman–Crippen LogP) is 0.815. The van der Waals surface area contributed by atoms with Crippen molar-refractivity contribution in [3.8, 4) is 0 Å². The lowest BCUT2D eigenvalue weighted by molar-refractivity contribution is 0.149. The first-order valence-corrected chi connectivity index (χ1v) is 6.09. The zero-order chi connectivity index (χ0) is 11.5. The second-order valence-corrected chi connectivity index (χ2v) is 4.43. The minimum absolute atomic E-state index is 0.294. The summed E-state index contributed by atoms with van der Waals surface area (Å²) >= 11 is 0. The minimum atomic E-state index is 0.294. The minimum Gasteiger partial charge on any atom is -0.381 e. The van der Waals surface area contributed by atoms with E-state index in [0.29, 0.717) is 6.04 Å². The van der Waals surface area contributed by atoms with Gasteiger partial charge in [-0.1, -0.05) is 0 Å². The Morgan fingerprint density at radius 1 is 1.56 bits per heavy atom. The summed E-state index contributed by atoms with van der Waals surface area (Å²) in [6, 6.07) is 0.294. The number of nitrogens with zero attached hydrogens (tertiary/aromatic N) is 2. The van der Waals surface area contributed by atoms with Gasteiger partial charge in [0.05, 0.1) is 12.3 Å². The van der Waals surface area contributed by atoms with Gasteiger partial charge in [0.15, 0.2) is 0 Å². The van der Waals surface area contributed by atoms with E-state index in [1.807, 2.05) is 6.92 Å². The van der Waals surface area contributed by atoms with Crippen LogP contribution in [-0.2, 0) is 31.0 Å². The zero-order valence-electron chi connectivity index (χ0n) is 10.2. The van der Waals surface area contributed by atoms with E-state index in [4.69, 9.17) is 10.5 Å². The van der Waals surface area contributed by atoms with Crippen LogP contribution in [0.15, 0.2) is 0 Å². The van der Waals surface area contributed by atoms with E-state index in [1.165, 1.54) is 11.4 Å². The second-order valence-electron chi connectivity index (χ2n) is 4.43. The number of hydrogen-bond acceptors (Lipinski definition) is 3. The summed E-state index contributed by atoms with van der Waals surface area (Å²) < 4.78 is 7.59. The Kier molecular flexibility index (Phi) is 3.61. The summed E-state index contributed by atoms with van der Waals surface area (Å²) in [7, 11) is 2.10. The van der Waals surface area contributed by atoms with Gasteiger partial charge in [-0.05, 0) is 19.8 Å².